The molecule has 39 heavy (non-hydrogen) atoms. The highest BCUT2D eigenvalue weighted by molar-refractivity contribution is 9.10. The molecule has 3 aromatic carbocycles. The number of thioether (sulfide) groups is 1. The van der Waals surface area contributed by atoms with E-state index in [0.717, 1.165) is 34.2 Å². The summed E-state index contributed by atoms with van der Waals surface area (Å²) < 4.78 is 12.4. The highest BCUT2D eigenvalue weighted by Gasteiger charge is 2.36. The first-order valence-electron chi connectivity index (χ1n) is 12.3. The first kappa shape index (κ1) is 28.7. The van der Waals surface area contributed by atoms with Gasteiger partial charge >= 0.3 is 0 Å². The monoisotopic (exact) mass is 628 g/mol. The fourth-order valence-electron chi connectivity index (χ4n) is 3.80. The molecule has 1 heterocycles. The summed E-state index contributed by atoms with van der Waals surface area (Å²) in [6, 6.07) is 18.3. The van der Waals surface area contributed by atoms with E-state index in [2.05, 4.69) is 21.2 Å². The molecule has 4 rings (SSSR count). The summed E-state index contributed by atoms with van der Waals surface area (Å²) in [5, 5.41) is 2.82. The molecule has 3 aromatic rings. The Morgan fingerprint density at radius 3 is 2.51 bits per heavy atom. The predicted molar refractivity (Wildman–Crippen MR) is 158 cm³/mol. The van der Waals surface area contributed by atoms with Gasteiger partial charge in [0.2, 0.25) is 5.91 Å². The SMILES string of the molecule is CCOc1cc(/C=C2/SC(=O)N(CC(=O)Nc3ccc(CC)cc3)C2=O)cc(Br)c1OCc1ccccc1Cl. The summed E-state index contributed by atoms with van der Waals surface area (Å²) in [6.45, 7) is 4.15. The number of nitrogens with one attached hydrogen (secondary N) is 1. The van der Waals surface area contributed by atoms with E-state index >= 15 is 0 Å². The van der Waals surface area contributed by atoms with Gasteiger partial charge < -0.3 is 14.8 Å². The molecule has 1 N–H and O–H groups in total. The maximum Gasteiger partial charge on any atom is 0.294 e. The van der Waals surface area contributed by atoms with Crippen molar-refractivity contribution in [2.45, 2.75) is 26.9 Å². The maximum atomic E-state index is 13.0. The van der Waals surface area contributed by atoms with Crippen LogP contribution in [0.3, 0.4) is 0 Å². The molecule has 202 valence electrons. The van der Waals surface area contributed by atoms with E-state index in [1.54, 1.807) is 36.4 Å². The topological polar surface area (TPSA) is 84.9 Å². The first-order chi connectivity index (χ1) is 18.8. The van der Waals surface area contributed by atoms with Gasteiger partial charge in [0.15, 0.2) is 11.5 Å². The van der Waals surface area contributed by atoms with Gasteiger partial charge in [0.1, 0.15) is 13.2 Å². The number of ether oxygens (including phenoxy) is 2. The van der Waals surface area contributed by atoms with Crippen molar-refractivity contribution >= 4 is 68.1 Å². The van der Waals surface area contributed by atoms with Crippen LogP contribution in [-0.4, -0.2) is 35.1 Å². The third kappa shape index (κ3) is 7.23. The molecule has 0 radical (unpaired) electrons. The summed E-state index contributed by atoms with van der Waals surface area (Å²) >= 11 is 10.6. The first-order valence-corrected chi connectivity index (χ1v) is 14.2. The molecule has 0 saturated carbocycles. The second-order valence-electron chi connectivity index (χ2n) is 8.51. The largest absolute Gasteiger partial charge is 0.490 e. The average molecular weight is 630 g/mol. The number of anilines is 1. The second-order valence-corrected chi connectivity index (χ2v) is 10.8. The lowest BCUT2D eigenvalue weighted by molar-refractivity contribution is -0.127. The molecule has 1 aliphatic heterocycles. The van der Waals surface area contributed by atoms with Crippen molar-refractivity contribution in [1.29, 1.82) is 0 Å². The number of carbonyl (C=O) groups is 3. The Morgan fingerprint density at radius 1 is 1.08 bits per heavy atom. The van der Waals surface area contributed by atoms with Gasteiger partial charge in [-0.2, -0.15) is 0 Å². The van der Waals surface area contributed by atoms with E-state index in [1.807, 2.05) is 44.2 Å². The fraction of sp³-hybridized carbons (Fsp3) is 0.207. The summed E-state index contributed by atoms with van der Waals surface area (Å²) in [4.78, 5) is 39.3. The molecule has 0 aromatic heterocycles. The number of hydrogen-bond donors (Lipinski definition) is 1. The van der Waals surface area contributed by atoms with Crippen molar-refractivity contribution in [1.82, 2.24) is 4.90 Å². The molecule has 0 spiro atoms. The van der Waals surface area contributed by atoms with Crippen molar-refractivity contribution in [2.24, 2.45) is 0 Å². The van der Waals surface area contributed by atoms with E-state index in [0.29, 0.717) is 38.9 Å². The van der Waals surface area contributed by atoms with Crippen molar-refractivity contribution < 1.29 is 23.9 Å². The normalized spacial score (nSPS) is 14.2. The summed E-state index contributed by atoms with van der Waals surface area (Å²) in [7, 11) is 0. The summed E-state index contributed by atoms with van der Waals surface area (Å²) in [6.07, 6.45) is 2.48. The Labute approximate surface area is 244 Å². The van der Waals surface area contributed by atoms with Crippen molar-refractivity contribution in [3.8, 4) is 11.5 Å². The molecular formula is C29H26BrClN2O5S. The number of aryl methyl sites for hydroxylation is 1. The smallest absolute Gasteiger partial charge is 0.294 e. The Hall–Kier alpha value is -3.27. The molecule has 1 saturated heterocycles. The number of rotatable bonds is 10. The number of benzene rings is 3. The minimum absolute atomic E-state index is 0.208. The minimum atomic E-state index is -0.533. The predicted octanol–water partition coefficient (Wildman–Crippen LogP) is 7.32. The van der Waals surface area contributed by atoms with Crippen LogP contribution in [0, 0.1) is 0 Å². The lowest BCUT2D eigenvalue weighted by Crippen LogP contribution is -2.36. The van der Waals surface area contributed by atoms with Crippen LogP contribution in [0.25, 0.3) is 6.08 Å². The Kier molecular flexibility index (Phi) is 9.72. The zero-order valence-corrected chi connectivity index (χ0v) is 24.5. The van der Waals surface area contributed by atoms with E-state index < -0.39 is 17.1 Å². The summed E-state index contributed by atoms with van der Waals surface area (Å²) in [5.74, 6) is -0.0256. The molecule has 1 fully saturated rings. The van der Waals surface area contributed by atoms with E-state index in [1.165, 1.54) is 0 Å². The quantitative estimate of drug-likeness (QED) is 0.237. The van der Waals surface area contributed by atoms with E-state index in [4.69, 9.17) is 21.1 Å². The number of carbonyl (C=O) groups excluding carboxylic acids is 3. The van der Waals surface area contributed by atoms with Crippen LogP contribution in [0.1, 0.15) is 30.5 Å². The summed E-state index contributed by atoms with van der Waals surface area (Å²) in [5.41, 5.74) is 3.20. The van der Waals surface area contributed by atoms with Gasteiger partial charge in [0.25, 0.3) is 11.1 Å². The third-order valence-corrected chi connectivity index (χ3v) is 7.65. The molecule has 0 unspecified atom stereocenters. The van der Waals surface area contributed by atoms with Gasteiger partial charge in [0, 0.05) is 16.3 Å². The van der Waals surface area contributed by atoms with Crippen molar-refractivity contribution in [3.63, 3.8) is 0 Å². The molecule has 7 nitrogen and oxygen atoms in total. The van der Waals surface area contributed by atoms with E-state index in [-0.39, 0.29) is 18.1 Å². The van der Waals surface area contributed by atoms with Gasteiger partial charge in [-0.05, 0) is 88.6 Å². The van der Waals surface area contributed by atoms with Crippen LogP contribution in [0.2, 0.25) is 5.02 Å². The molecule has 0 atom stereocenters. The van der Waals surface area contributed by atoms with Crippen LogP contribution in [0.4, 0.5) is 10.5 Å². The Balaban J connectivity index is 1.48. The number of hydrogen-bond acceptors (Lipinski definition) is 6. The lowest BCUT2D eigenvalue weighted by Gasteiger charge is -2.15. The molecule has 3 amide bonds. The van der Waals surface area contributed by atoms with Crippen LogP contribution >= 0.6 is 39.3 Å². The molecule has 0 bridgehead atoms. The Morgan fingerprint density at radius 2 is 1.82 bits per heavy atom. The van der Waals surface area contributed by atoms with Crippen LogP contribution in [0.5, 0.6) is 11.5 Å². The van der Waals surface area contributed by atoms with Gasteiger partial charge in [-0.1, -0.05) is 48.9 Å². The number of amides is 3. The number of imide groups is 1. The molecule has 0 aliphatic carbocycles. The van der Waals surface area contributed by atoms with Crippen LogP contribution < -0.4 is 14.8 Å². The zero-order chi connectivity index (χ0) is 27.9. The average Bonchev–Trinajstić information content (AvgIpc) is 3.17. The zero-order valence-electron chi connectivity index (χ0n) is 21.3. The number of halogens is 2. The van der Waals surface area contributed by atoms with Gasteiger partial charge in [0.05, 0.1) is 16.0 Å². The maximum absolute atomic E-state index is 13.0. The van der Waals surface area contributed by atoms with Crippen LogP contribution in [0.15, 0.2) is 70.0 Å². The molecular weight excluding hydrogens is 604 g/mol. The molecule has 10 heteroatoms. The van der Waals surface area contributed by atoms with Gasteiger partial charge in [-0.3, -0.25) is 19.3 Å². The van der Waals surface area contributed by atoms with Crippen molar-refractivity contribution in [3.05, 3.63) is 91.8 Å². The Bertz CT molecular complexity index is 1430. The molecule has 1 aliphatic rings. The third-order valence-electron chi connectivity index (χ3n) is 5.78. The number of nitrogens with zero attached hydrogens (tertiary/aromatic N) is 1. The van der Waals surface area contributed by atoms with Crippen molar-refractivity contribution in [2.75, 3.05) is 18.5 Å². The fourth-order valence-corrected chi connectivity index (χ4v) is 5.40. The lowest BCUT2D eigenvalue weighted by atomic mass is 10.1. The van der Waals surface area contributed by atoms with E-state index in [9.17, 15) is 14.4 Å². The van der Waals surface area contributed by atoms with Gasteiger partial charge in [-0.15, -0.1) is 0 Å². The van der Waals surface area contributed by atoms with Crippen LogP contribution in [-0.2, 0) is 22.6 Å². The minimum Gasteiger partial charge on any atom is -0.490 e. The highest BCUT2D eigenvalue weighted by atomic mass is 79.9. The highest BCUT2D eigenvalue weighted by Crippen LogP contribution is 2.40. The standard InChI is InChI=1S/C29H26BrClN2O5S/c1-3-18-9-11-21(12-10-18)32-26(34)16-33-28(35)25(39-29(33)36)15-19-13-22(30)27(24(14-19)37-4-2)38-17-20-7-5-6-8-23(20)31/h5-15H,3-4,16-17H2,1-2H3,(H,32,34)/b25-15+. The van der Waals surface area contributed by atoms with Gasteiger partial charge in [-0.25, -0.2) is 0 Å². The second kappa shape index (κ2) is 13.2.